The molecule has 0 aromatic carbocycles. The molecule has 1 saturated heterocycles. The summed E-state index contributed by atoms with van der Waals surface area (Å²) in [4.78, 5) is 2.72. The molecule has 0 aromatic heterocycles. The third-order valence-electron chi connectivity index (χ3n) is 5.17. The van der Waals surface area contributed by atoms with Crippen LogP contribution in [0.3, 0.4) is 0 Å². The molecule has 0 saturated carbocycles. The lowest BCUT2D eigenvalue weighted by atomic mass is 9.89. The molecule has 2 N–H and O–H groups in total. The molecule has 0 aromatic rings. The molecule has 1 rings (SSSR count). The van der Waals surface area contributed by atoms with E-state index in [9.17, 15) is 0 Å². The van der Waals surface area contributed by atoms with Crippen molar-refractivity contribution >= 4 is 0 Å². The quantitative estimate of drug-likeness (QED) is 0.683. The topological polar surface area (TPSA) is 29.3 Å². The minimum Gasteiger partial charge on any atom is -0.330 e. The van der Waals surface area contributed by atoms with Crippen LogP contribution in [0.2, 0.25) is 0 Å². The van der Waals surface area contributed by atoms with Crippen LogP contribution in [0.5, 0.6) is 0 Å². The minimum atomic E-state index is 0.866. The Hall–Kier alpha value is -0.0800. The summed E-state index contributed by atoms with van der Waals surface area (Å²) >= 11 is 0. The van der Waals surface area contributed by atoms with Crippen molar-refractivity contribution < 1.29 is 0 Å². The Morgan fingerprint density at radius 3 is 2.55 bits per heavy atom. The predicted octanol–water partition coefficient (Wildman–Crippen LogP) is 4.29. The van der Waals surface area contributed by atoms with Crippen molar-refractivity contribution in [3.63, 3.8) is 0 Å². The second-order valence-corrected chi connectivity index (χ2v) is 7.15. The van der Waals surface area contributed by atoms with E-state index in [1.54, 1.807) is 0 Å². The first-order valence-electron chi connectivity index (χ1n) is 9.09. The summed E-state index contributed by atoms with van der Waals surface area (Å²) in [6.07, 6.45) is 10.9. The van der Waals surface area contributed by atoms with Crippen LogP contribution in [0, 0.1) is 17.8 Å². The van der Waals surface area contributed by atoms with Gasteiger partial charge in [-0.25, -0.2) is 0 Å². The largest absolute Gasteiger partial charge is 0.330 e. The Morgan fingerprint density at radius 1 is 1.10 bits per heavy atom. The Labute approximate surface area is 127 Å². The second-order valence-electron chi connectivity index (χ2n) is 7.15. The van der Waals surface area contributed by atoms with Gasteiger partial charge in [-0.3, -0.25) is 0 Å². The molecule has 20 heavy (non-hydrogen) atoms. The number of hydrogen-bond acceptors (Lipinski definition) is 2. The third kappa shape index (κ3) is 7.08. The van der Waals surface area contributed by atoms with Crippen LogP contribution in [0.25, 0.3) is 0 Å². The molecule has 1 heterocycles. The molecule has 120 valence electrons. The molecule has 1 fully saturated rings. The summed E-state index contributed by atoms with van der Waals surface area (Å²) in [5.41, 5.74) is 5.73. The highest BCUT2D eigenvalue weighted by atomic mass is 15.1. The maximum Gasteiger partial charge on any atom is -0.00160 e. The smallest absolute Gasteiger partial charge is 0.00160 e. The molecule has 1 aliphatic heterocycles. The first-order chi connectivity index (χ1) is 9.67. The monoisotopic (exact) mass is 282 g/mol. The zero-order valence-electron chi connectivity index (χ0n) is 14.2. The van der Waals surface area contributed by atoms with Crippen molar-refractivity contribution in [1.82, 2.24) is 4.90 Å². The van der Waals surface area contributed by atoms with E-state index in [0.29, 0.717) is 0 Å². The van der Waals surface area contributed by atoms with E-state index in [2.05, 4.69) is 25.7 Å². The van der Waals surface area contributed by atoms with Crippen LogP contribution in [-0.2, 0) is 0 Å². The number of likely N-dealkylation sites (tertiary alicyclic amines) is 1. The van der Waals surface area contributed by atoms with E-state index >= 15 is 0 Å². The first-order valence-corrected chi connectivity index (χ1v) is 9.09. The Morgan fingerprint density at radius 2 is 1.90 bits per heavy atom. The van der Waals surface area contributed by atoms with Gasteiger partial charge in [0.15, 0.2) is 0 Å². The molecule has 0 amide bonds. The maximum atomic E-state index is 5.73. The lowest BCUT2D eigenvalue weighted by Gasteiger charge is -2.22. The van der Waals surface area contributed by atoms with E-state index in [-0.39, 0.29) is 0 Å². The van der Waals surface area contributed by atoms with Crippen LogP contribution in [-0.4, -0.2) is 31.1 Å². The van der Waals surface area contributed by atoms with Crippen molar-refractivity contribution in [3.8, 4) is 0 Å². The van der Waals surface area contributed by atoms with Gasteiger partial charge in [-0.05, 0) is 82.5 Å². The van der Waals surface area contributed by atoms with E-state index in [0.717, 1.165) is 24.3 Å². The second kappa shape index (κ2) is 10.6. The van der Waals surface area contributed by atoms with Gasteiger partial charge in [-0.15, -0.1) is 0 Å². The van der Waals surface area contributed by atoms with Gasteiger partial charge in [0.05, 0.1) is 0 Å². The summed E-state index contributed by atoms with van der Waals surface area (Å²) in [7, 11) is 0. The molecular weight excluding hydrogens is 244 g/mol. The van der Waals surface area contributed by atoms with Gasteiger partial charge < -0.3 is 10.6 Å². The number of rotatable bonds is 9. The highest BCUT2D eigenvalue weighted by molar-refractivity contribution is 4.72. The fourth-order valence-electron chi connectivity index (χ4n) is 3.75. The molecule has 0 spiro atoms. The summed E-state index contributed by atoms with van der Waals surface area (Å²) in [5.74, 6) is 2.71. The highest BCUT2D eigenvalue weighted by Gasteiger charge is 2.19. The lowest BCUT2D eigenvalue weighted by molar-refractivity contribution is 0.256. The van der Waals surface area contributed by atoms with Crippen molar-refractivity contribution in [1.29, 1.82) is 0 Å². The highest BCUT2D eigenvalue weighted by Crippen LogP contribution is 2.25. The van der Waals surface area contributed by atoms with Gasteiger partial charge in [0.1, 0.15) is 0 Å². The number of nitrogens with zero attached hydrogens (tertiary/aromatic N) is 1. The standard InChI is InChI=1S/C18H38N2/c1-4-7-17(10-12-19)8-5-13-20-14-6-9-18(11-15-20)16(2)3/h16-18H,4-15,19H2,1-3H3. The Balaban J connectivity index is 2.20. The van der Waals surface area contributed by atoms with E-state index in [1.807, 2.05) is 0 Å². The number of nitrogens with two attached hydrogens (primary N) is 1. The molecule has 0 bridgehead atoms. The van der Waals surface area contributed by atoms with Crippen LogP contribution in [0.1, 0.15) is 72.1 Å². The van der Waals surface area contributed by atoms with Crippen molar-refractivity contribution in [2.24, 2.45) is 23.5 Å². The molecule has 1 aliphatic rings. The Kier molecular flexibility index (Phi) is 9.54. The molecule has 2 heteroatoms. The fraction of sp³-hybridized carbons (Fsp3) is 1.00. The minimum absolute atomic E-state index is 0.866. The molecule has 2 atom stereocenters. The summed E-state index contributed by atoms with van der Waals surface area (Å²) in [6, 6.07) is 0. The number of hydrogen-bond donors (Lipinski definition) is 1. The molecular formula is C18H38N2. The molecule has 0 aliphatic carbocycles. The van der Waals surface area contributed by atoms with E-state index in [4.69, 9.17) is 5.73 Å². The zero-order chi connectivity index (χ0) is 14.8. The van der Waals surface area contributed by atoms with Crippen LogP contribution in [0.4, 0.5) is 0 Å². The molecule has 2 unspecified atom stereocenters. The SMILES string of the molecule is CCCC(CCN)CCCN1CCCC(C(C)C)CC1. The van der Waals surface area contributed by atoms with E-state index in [1.165, 1.54) is 71.0 Å². The van der Waals surface area contributed by atoms with Crippen molar-refractivity contribution in [2.75, 3.05) is 26.2 Å². The summed E-state index contributed by atoms with van der Waals surface area (Å²) in [5, 5.41) is 0. The molecule has 2 nitrogen and oxygen atoms in total. The average Bonchev–Trinajstić information content (AvgIpc) is 2.65. The predicted molar refractivity (Wildman–Crippen MR) is 89.9 cm³/mol. The van der Waals surface area contributed by atoms with Crippen LogP contribution >= 0.6 is 0 Å². The fourth-order valence-corrected chi connectivity index (χ4v) is 3.75. The van der Waals surface area contributed by atoms with Crippen LogP contribution < -0.4 is 5.73 Å². The van der Waals surface area contributed by atoms with Crippen LogP contribution in [0.15, 0.2) is 0 Å². The Bertz CT molecular complexity index is 221. The zero-order valence-corrected chi connectivity index (χ0v) is 14.2. The van der Waals surface area contributed by atoms with E-state index < -0.39 is 0 Å². The summed E-state index contributed by atoms with van der Waals surface area (Å²) < 4.78 is 0. The van der Waals surface area contributed by atoms with Gasteiger partial charge in [0.25, 0.3) is 0 Å². The van der Waals surface area contributed by atoms with Gasteiger partial charge in [-0.1, -0.05) is 33.6 Å². The molecule has 0 radical (unpaired) electrons. The summed E-state index contributed by atoms with van der Waals surface area (Å²) in [6.45, 7) is 11.9. The van der Waals surface area contributed by atoms with Gasteiger partial charge in [-0.2, -0.15) is 0 Å². The maximum absolute atomic E-state index is 5.73. The van der Waals surface area contributed by atoms with Crippen molar-refractivity contribution in [3.05, 3.63) is 0 Å². The lowest BCUT2D eigenvalue weighted by Crippen LogP contribution is -2.26. The normalized spacial score (nSPS) is 22.9. The third-order valence-corrected chi connectivity index (χ3v) is 5.17. The van der Waals surface area contributed by atoms with Gasteiger partial charge >= 0.3 is 0 Å². The first kappa shape index (κ1) is 18.0. The van der Waals surface area contributed by atoms with Gasteiger partial charge in [0, 0.05) is 0 Å². The van der Waals surface area contributed by atoms with Crippen molar-refractivity contribution in [2.45, 2.75) is 72.1 Å². The van der Waals surface area contributed by atoms with Gasteiger partial charge in [0.2, 0.25) is 0 Å². The average molecular weight is 283 g/mol.